The van der Waals surface area contributed by atoms with Gasteiger partial charge in [0.2, 0.25) is 0 Å². The van der Waals surface area contributed by atoms with E-state index < -0.39 is 11.6 Å². The molecule has 0 bridgehead atoms. The predicted octanol–water partition coefficient (Wildman–Crippen LogP) is 1.52. The number of halogens is 2. The van der Waals surface area contributed by atoms with E-state index in [-0.39, 0.29) is 11.3 Å². The van der Waals surface area contributed by atoms with Gasteiger partial charge < -0.3 is 4.74 Å². The smallest absolute Gasteiger partial charge is 0.193 e. The van der Waals surface area contributed by atoms with E-state index in [1.54, 1.807) is 0 Å². The Bertz CT molecular complexity index is 416. The molecule has 1 aromatic carbocycles. The Balaban J connectivity index is 3.26. The van der Waals surface area contributed by atoms with Gasteiger partial charge in [-0.05, 0) is 12.0 Å². The molecule has 0 heterocycles. The molecule has 0 saturated carbocycles. The summed E-state index contributed by atoms with van der Waals surface area (Å²) in [7, 11) is 1.30. The molecule has 2 nitrogen and oxygen atoms in total. The topological polar surface area (TPSA) is 26.3 Å². The third kappa shape index (κ3) is 2.07. The van der Waals surface area contributed by atoms with Gasteiger partial charge in [0.25, 0.3) is 0 Å². The summed E-state index contributed by atoms with van der Waals surface area (Å²) in [4.78, 5) is 9.95. The number of methoxy groups -OCH3 is 1. The van der Waals surface area contributed by atoms with E-state index in [0.29, 0.717) is 6.29 Å². The highest BCUT2D eigenvalue weighted by Crippen LogP contribution is 2.20. The second-order valence-electron chi connectivity index (χ2n) is 2.35. The van der Waals surface area contributed by atoms with Crippen LogP contribution in [0.25, 0.3) is 0 Å². The van der Waals surface area contributed by atoms with Crippen molar-refractivity contribution in [3.8, 4) is 17.6 Å². The molecule has 0 N–H and O–H groups in total. The van der Waals surface area contributed by atoms with Gasteiger partial charge in [0, 0.05) is 6.07 Å². The molecule has 0 radical (unpaired) electrons. The first-order chi connectivity index (χ1) is 6.69. The fourth-order valence-electron chi connectivity index (χ4n) is 0.902. The molecule has 0 spiro atoms. The minimum absolute atomic E-state index is 0.0956. The molecule has 4 heteroatoms. The fraction of sp³-hybridized carbons (Fsp3) is 0.100. The van der Waals surface area contributed by atoms with Crippen LogP contribution < -0.4 is 4.74 Å². The SMILES string of the molecule is COc1cc(F)c(F)cc1C#CC=O. The van der Waals surface area contributed by atoms with Crippen molar-refractivity contribution in [2.45, 2.75) is 0 Å². The van der Waals surface area contributed by atoms with Gasteiger partial charge in [-0.1, -0.05) is 5.92 Å². The molecule has 14 heavy (non-hydrogen) atoms. The van der Waals surface area contributed by atoms with Crippen LogP contribution in [0.15, 0.2) is 12.1 Å². The zero-order valence-electron chi connectivity index (χ0n) is 7.30. The van der Waals surface area contributed by atoms with Gasteiger partial charge in [0.15, 0.2) is 17.9 Å². The summed E-state index contributed by atoms with van der Waals surface area (Å²) < 4.78 is 30.2. The van der Waals surface area contributed by atoms with Crippen LogP contribution in [-0.4, -0.2) is 13.4 Å². The minimum atomic E-state index is -1.03. The average Bonchev–Trinajstić information content (AvgIpc) is 2.19. The zero-order chi connectivity index (χ0) is 10.6. The largest absolute Gasteiger partial charge is 0.495 e. The van der Waals surface area contributed by atoms with E-state index in [4.69, 9.17) is 4.74 Å². The van der Waals surface area contributed by atoms with Crippen LogP contribution in [0.3, 0.4) is 0 Å². The molecule has 0 unspecified atom stereocenters. The Morgan fingerprint density at radius 3 is 2.57 bits per heavy atom. The Morgan fingerprint density at radius 1 is 1.36 bits per heavy atom. The van der Waals surface area contributed by atoms with Gasteiger partial charge in [-0.2, -0.15) is 0 Å². The van der Waals surface area contributed by atoms with Crippen molar-refractivity contribution in [2.75, 3.05) is 7.11 Å². The minimum Gasteiger partial charge on any atom is -0.495 e. The van der Waals surface area contributed by atoms with Crippen LogP contribution in [-0.2, 0) is 4.79 Å². The first-order valence-corrected chi connectivity index (χ1v) is 3.67. The maximum absolute atomic E-state index is 12.7. The van der Waals surface area contributed by atoms with E-state index in [1.165, 1.54) is 7.11 Å². The number of hydrogen-bond donors (Lipinski definition) is 0. The predicted molar refractivity (Wildman–Crippen MR) is 45.9 cm³/mol. The number of carbonyl (C=O) groups is 1. The molecular formula is C10H6F2O2. The van der Waals surface area contributed by atoms with Crippen molar-refractivity contribution in [1.29, 1.82) is 0 Å². The lowest BCUT2D eigenvalue weighted by molar-refractivity contribution is -0.103. The summed E-state index contributed by atoms with van der Waals surface area (Å²) in [6.45, 7) is 0. The summed E-state index contributed by atoms with van der Waals surface area (Å²) in [5.74, 6) is 2.47. The van der Waals surface area contributed by atoms with Crippen LogP contribution >= 0.6 is 0 Å². The summed E-state index contributed by atoms with van der Waals surface area (Å²) in [6.07, 6.45) is 0.362. The second kappa shape index (κ2) is 4.38. The number of carbonyl (C=O) groups excluding carboxylic acids is 1. The van der Waals surface area contributed by atoms with Crippen LogP contribution in [0.4, 0.5) is 8.78 Å². The van der Waals surface area contributed by atoms with E-state index >= 15 is 0 Å². The van der Waals surface area contributed by atoms with Crippen LogP contribution in [0.2, 0.25) is 0 Å². The first kappa shape index (κ1) is 10.2. The number of rotatable bonds is 1. The van der Waals surface area contributed by atoms with Crippen molar-refractivity contribution in [3.63, 3.8) is 0 Å². The third-order valence-corrected chi connectivity index (χ3v) is 1.51. The molecule has 0 saturated heterocycles. The van der Waals surface area contributed by atoms with Gasteiger partial charge in [0.05, 0.1) is 12.7 Å². The highest BCUT2D eigenvalue weighted by atomic mass is 19.2. The zero-order valence-corrected chi connectivity index (χ0v) is 7.30. The lowest BCUT2D eigenvalue weighted by Crippen LogP contribution is -1.92. The number of aldehydes is 1. The Hall–Kier alpha value is -1.89. The quantitative estimate of drug-likeness (QED) is 0.503. The van der Waals surface area contributed by atoms with Crippen LogP contribution in [0.1, 0.15) is 5.56 Å². The van der Waals surface area contributed by atoms with E-state index in [0.717, 1.165) is 12.1 Å². The summed E-state index contributed by atoms with van der Waals surface area (Å²) in [5, 5.41) is 0. The first-order valence-electron chi connectivity index (χ1n) is 3.67. The summed E-state index contributed by atoms with van der Waals surface area (Å²) in [6, 6.07) is 1.76. The maximum Gasteiger partial charge on any atom is 0.193 e. The highest BCUT2D eigenvalue weighted by Gasteiger charge is 2.08. The highest BCUT2D eigenvalue weighted by molar-refractivity contribution is 5.74. The number of hydrogen-bond acceptors (Lipinski definition) is 2. The lowest BCUT2D eigenvalue weighted by Gasteiger charge is -2.03. The Kier molecular flexibility index (Phi) is 3.19. The van der Waals surface area contributed by atoms with Gasteiger partial charge >= 0.3 is 0 Å². The molecular weight excluding hydrogens is 190 g/mol. The summed E-state index contributed by atoms with van der Waals surface area (Å²) >= 11 is 0. The molecule has 0 aromatic heterocycles. The monoisotopic (exact) mass is 196 g/mol. The molecule has 0 atom stereocenters. The maximum atomic E-state index is 12.7. The average molecular weight is 196 g/mol. The molecule has 0 aliphatic heterocycles. The van der Waals surface area contributed by atoms with Crippen LogP contribution in [0.5, 0.6) is 5.75 Å². The molecule has 1 aromatic rings. The van der Waals surface area contributed by atoms with E-state index in [1.807, 2.05) is 0 Å². The second-order valence-corrected chi connectivity index (χ2v) is 2.35. The van der Waals surface area contributed by atoms with Gasteiger partial charge in [0.1, 0.15) is 5.75 Å². The van der Waals surface area contributed by atoms with Crippen molar-refractivity contribution < 1.29 is 18.3 Å². The van der Waals surface area contributed by atoms with Crippen molar-refractivity contribution in [2.24, 2.45) is 0 Å². The van der Waals surface area contributed by atoms with E-state index in [2.05, 4.69) is 11.8 Å². The molecule has 0 amide bonds. The van der Waals surface area contributed by atoms with Crippen LogP contribution in [0, 0.1) is 23.5 Å². The van der Waals surface area contributed by atoms with Gasteiger partial charge in [-0.15, -0.1) is 0 Å². The van der Waals surface area contributed by atoms with Gasteiger partial charge in [-0.25, -0.2) is 8.78 Å². The molecule has 0 aliphatic rings. The normalized spacial score (nSPS) is 8.79. The third-order valence-electron chi connectivity index (χ3n) is 1.51. The fourth-order valence-corrected chi connectivity index (χ4v) is 0.902. The Morgan fingerprint density at radius 2 is 2.00 bits per heavy atom. The standard InChI is InChI=1S/C10H6F2O2/c1-14-10-6-9(12)8(11)5-7(10)3-2-4-13/h4-6H,1H3. The lowest BCUT2D eigenvalue weighted by atomic mass is 10.2. The number of benzene rings is 1. The van der Waals surface area contributed by atoms with Crippen molar-refractivity contribution in [3.05, 3.63) is 29.3 Å². The molecule has 1 rings (SSSR count). The summed E-state index contributed by atoms with van der Waals surface area (Å²) in [5.41, 5.74) is 0.138. The molecule has 72 valence electrons. The van der Waals surface area contributed by atoms with Crippen molar-refractivity contribution >= 4 is 6.29 Å². The Labute approximate surface area is 79.5 Å². The van der Waals surface area contributed by atoms with E-state index in [9.17, 15) is 13.6 Å². The number of ether oxygens (including phenoxy) is 1. The molecule has 0 fully saturated rings. The van der Waals surface area contributed by atoms with Gasteiger partial charge in [-0.3, -0.25) is 4.79 Å². The molecule has 0 aliphatic carbocycles. The van der Waals surface area contributed by atoms with Crippen molar-refractivity contribution in [1.82, 2.24) is 0 Å².